The van der Waals surface area contributed by atoms with Crippen LogP contribution in [0, 0.1) is 11.8 Å². The van der Waals surface area contributed by atoms with Gasteiger partial charge in [-0.25, -0.2) is 0 Å². The number of rotatable bonds is 7. The van der Waals surface area contributed by atoms with Gasteiger partial charge in [0.25, 0.3) is 0 Å². The van der Waals surface area contributed by atoms with E-state index in [4.69, 9.17) is 4.74 Å². The largest absolute Gasteiger partial charge is 0.507 e. The number of ether oxygens (including phenoxy) is 1. The van der Waals surface area contributed by atoms with Crippen molar-refractivity contribution in [1.29, 1.82) is 0 Å². The number of carbonyl (C=O) groups excluding carboxylic acids is 1. The molecule has 5 heteroatoms. The lowest BCUT2D eigenvalue weighted by Gasteiger charge is -2.38. The first-order valence-corrected chi connectivity index (χ1v) is 9.46. The predicted octanol–water partition coefficient (Wildman–Crippen LogP) is 2.92. The van der Waals surface area contributed by atoms with E-state index in [9.17, 15) is 9.90 Å². The second-order valence-corrected chi connectivity index (χ2v) is 7.49. The van der Waals surface area contributed by atoms with Gasteiger partial charge in [0, 0.05) is 37.2 Å². The zero-order valence-electron chi connectivity index (χ0n) is 15.3. The number of methoxy groups -OCH3 is 1. The highest BCUT2D eigenvalue weighted by Crippen LogP contribution is 2.32. The molecule has 0 bridgehead atoms. The molecule has 0 aromatic heterocycles. The first kappa shape index (κ1) is 18.1. The minimum atomic E-state index is 0.229. The number of nitrogens with one attached hydrogen (secondary N) is 1. The summed E-state index contributed by atoms with van der Waals surface area (Å²) in [5.41, 5.74) is 0.931. The highest BCUT2D eigenvalue weighted by Gasteiger charge is 2.31. The fraction of sp³-hybridized carbons (Fsp3) is 0.650. The monoisotopic (exact) mass is 346 g/mol. The highest BCUT2D eigenvalue weighted by atomic mass is 16.5. The van der Waals surface area contributed by atoms with Gasteiger partial charge in [0.2, 0.25) is 5.91 Å². The third-order valence-electron chi connectivity index (χ3n) is 5.58. The van der Waals surface area contributed by atoms with Gasteiger partial charge in [-0.05, 0) is 43.7 Å². The average molecular weight is 346 g/mol. The van der Waals surface area contributed by atoms with Crippen LogP contribution in [0.2, 0.25) is 0 Å². The lowest BCUT2D eigenvalue weighted by molar-refractivity contribution is -0.123. The molecule has 0 spiro atoms. The maximum absolute atomic E-state index is 12.1. The average Bonchev–Trinajstić information content (AvgIpc) is 3.41. The minimum Gasteiger partial charge on any atom is -0.507 e. The number of phenolic OH excluding ortho intramolecular Hbond substituents is 1. The van der Waals surface area contributed by atoms with Crippen molar-refractivity contribution in [2.24, 2.45) is 11.8 Å². The molecule has 25 heavy (non-hydrogen) atoms. The summed E-state index contributed by atoms with van der Waals surface area (Å²) in [5.74, 6) is 2.21. The van der Waals surface area contributed by atoms with Crippen LogP contribution in [0.5, 0.6) is 11.5 Å². The van der Waals surface area contributed by atoms with Gasteiger partial charge < -0.3 is 15.2 Å². The summed E-state index contributed by atoms with van der Waals surface area (Å²) in [4.78, 5) is 14.5. The van der Waals surface area contributed by atoms with Crippen LogP contribution in [0.1, 0.15) is 44.6 Å². The second-order valence-electron chi connectivity index (χ2n) is 7.49. The third kappa shape index (κ3) is 4.88. The molecule has 1 saturated heterocycles. The normalized spacial score (nSPS) is 24.1. The fourth-order valence-electron chi connectivity index (χ4n) is 3.83. The number of nitrogens with zero attached hydrogens (tertiary/aromatic N) is 1. The second kappa shape index (κ2) is 8.09. The molecule has 1 amide bonds. The molecule has 2 aliphatic rings. The molecule has 1 aliphatic heterocycles. The summed E-state index contributed by atoms with van der Waals surface area (Å²) < 4.78 is 5.15. The molecule has 1 aliphatic carbocycles. The van der Waals surface area contributed by atoms with Gasteiger partial charge in [0.05, 0.1) is 7.11 Å². The Labute approximate surface area is 150 Å². The van der Waals surface area contributed by atoms with Crippen LogP contribution in [-0.2, 0) is 11.3 Å². The zero-order chi connectivity index (χ0) is 17.8. The quantitative estimate of drug-likeness (QED) is 0.797. The fourth-order valence-corrected chi connectivity index (χ4v) is 3.83. The number of piperidine rings is 1. The number of benzene rings is 1. The smallest absolute Gasteiger partial charge is 0.220 e. The van der Waals surface area contributed by atoms with E-state index >= 15 is 0 Å². The van der Waals surface area contributed by atoms with E-state index in [0.717, 1.165) is 50.9 Å². The first-order valence-electron chi connectivity index (χ1n) is 9.46. The minimum absolute atomic E-state index is 0.229. The maximum atomic E-state index is 12.1. The van der Waals surface area contributed by atoms with Crippen LogP contribution < -0.4 is 10.1 Å². The van der Waals surface area contributed by atoms with Crippen molar-refractivity contribution in [3.63, 3.8) is 0 Å². The molecular weight excluding hydrogens is 316 g/mol. The van der Waals surface area contributed by atoms with E-state index in [1.807, 2.05) is 12.1 Å². The molecule has 1 aromatic rings. The first-order chi connectivity index (χ1) is 12.1. The SMILES string of the molecule is CC[C@@H]1CN(Cc2ccc(OC)cc2O)CC[C@H]1CC(=O)NC1CC1. The summed E-state index contributed by atoms with van der Waals surface area (Å²) >= 11 is 0. The summed E-state index contributed by atoms with van der Waals surface area (Å²) in [7, 11) is 1.60. The molecule has 2 fully saturated rings. The molecule has 2 atom stereocenters. The van der Waals surface area contributed by atoms with Gasteiger partial charge >= 0.3 is 0 Å². The van der Waals surface area contributed by atoms with E-state index in [-0.39, 0.29) is 5.91 Å². The summed E-state index contributed by atoms with van der Waals surface area (Å²) in [5, 5.41) is 13.3. The van der Waals surface area contributed by atoms with Gasteiger partial charge in [0.1, 0.15) is 11.5 Å². The van der Waals surface area contributed by atoms with Gasteiger partial charge in [-0.1, -0.05) is 19.4 Å². The molecule has 138 valence electrons. The molecule has 1 aromatic carbocycles. The lowest BCUT2D eigenvalue weighted by Crippen LogP contribution is -2.41. The zero-order valence-corrected chi connectivity index (χ0v) is 15.3. The summed E-state index contributed by atoms with van der Waals surface area (Å²) in [6.07, 6.45) is 5.09. The van der Waals surface area contributed by atoms with E-state index in [2.05, 4.69) is 17.1 Å². The van der Waals surface area contributed by atoms with Crippen molar-refractivity contribution in [2.75, 3.05) is 20.2 Å². The Bertz CT molecular complexity index is 601. The topological polar surface area (TPSA) is 61.8 Å². The number of hydrogen-bond donors (Lipinski definition) is 2. The number of likely N-dealkylation sites (tertiary alicyclic amines) is 1. The molecule has 2 N–H and O–H groups in total. The number of hydrogen-bond acceptors (Lipinski definition) is 4. The van der Waals surface area contributed by atoms with Crippen LogP contribution in [0.3, 0.4) is 0 Å². The number of amides is 1. The molecular formula is C20H30N2O3. The van der Waals surface area contributed by atoms with Crippen molar-refractivity contribution in [3.05, 3.63) is 23.8 Å². The van der Waals surface area contributed by atoms with Crippen molar-refractivity contribution < 1.29 is 14.6 Å². The molecule has 5 nitrogen and oxygen atoms in total. The van der Waals surface area contributed by atoms with Crippen LogP contribution >= 0.6 is 0 Å². The van der Waals surface area contributed by atoms with E-state index in [0.29, 0.717) is 35.8 Å². The molecule has 3 rings (SSSR count). The Morgan fingerprint density at radius 1 is 1.32 bits per heavy atom. The molecule has 0 unspecified atom stereocenters. The van der Waals surface area contributed by atoms with Crippen molar-refractivity contribution in [2.45, 2.75) is 51.6 Å². The number of aromatic hydroxyl groups is 1. The van der Waals surface area contributed by atoms with Gasteiger partial charge in [-0.3, -0.25) is 9.69 Å². The molecule has 1 heterocycles. The van der Waals surface area contributed by atoms with Gasteiger partial charge in [-0.15, -0.1) is 0 Å². The van der Waals surface area contributed by atoms with Crippen LogP contribution in [-0.4, -0.2) is 42.2 Å². The van der Waals surface area contributed by atoms with Gasteiger partial charge in [-0.2, -0.15) is 0 Å². The summed E-state index contributed by atoms with van der Waals surface area (Å²) in [6, 6.07) is 5.94. The maximum Gasteiger partial charge on any atom is 0.220 e. The van der Waals surface area contributed by atoms with Crippen molar-refractivity contribution >= 4 is 5.91 Å². The Morgan fingerprint density at radius 3 is 2.76 bits per heavy atom. The van der Waals surface area contributed by atoms with Crippen LogP contribution in [0.4, 0.5) is 0 Å². The van der Waals surface area contributed by atoms with E-state index in [1.165, 1.54) is 0 Å². The lowest BCUT2D eigenvalue weighted by atomic mass is 9.81. The highest BCUT2D eigenvalue weighted by molar-refractivity contribution is 5.76. The van der Waals surface area contributed by atoms with Crippen LogP contribution in [0.15, 0.2) is 18.2 Å². The summed E-state index contributed by atoms with van der Waals surface area (Å²) in [6.45, 7) is 4.92. The Morgan fingerprint density at radius 2 is 2.12 bits per heavy atom. The Kier molecular flexibility index (Phi) is 5.84. The van der Waals surface area contributed by atoms with E-state index in [1.54, 1.807) is 13.2 Å². The molecule has 1 saturated carbocycles. The Hall–Kier alpha value is -1.75. The molecule has 0 radical (unpaired) electrons. The van der Waals surface area contributed by atoms with Crippen LogP contribution in [0.25, 0.3) is 0 Å². The predicted molar refractivity (Wildman–Crippen MR) is 97.6 cm³/mol. The third-order valence-corrected chi connectivity index (χ3v) is 5.58. The van der Waals surface area contributed by atoms with Crippen molar-refractivity contribution in [3.8, 4) is 11.5 Å². The number of phenols is 1. The van der Waals surface area contributed by atoms with Gasteiger partial charge in [0.15, 0.2) is 0 Å². The standard InChI is InChI=1S/C20H30N2O3/c1-3-14-12-22(13-16-4-7-18(25-2)11-19(16)23)9-8-15(14)10-20(24)21-17-5-6-17/h4,7,11,14-15,17,23H,3,5-6,8-10,12-13H2,1-2H3,(H,21,24)/t14-,15+/m1/s1. The number of carbonyl (C=O) groups is 1. The van der Waals surface area contributed by atoms with E-state index < -0.39 is 0 Å². The Balaban J connectivity index is 1.54. The van der Waals surface area contributed by atoms with Crippen molar-refractivity contribution in [1.82, 2.24) is 10.2 Å².